The number of nitrogens with zero attached hydrogens (tertiary/aromatic N) is 1. The molecule has 0 aliphatic carbocycles. The zero-order valence-corrected chi connectivity index (χ0v) is 7.58. The molecule has 0 amide bonds. The van der Waals surface area contributed by atoms with Gasteiger partial charge in [-0.25, -0.2) is 0 Å². The first-order valence-electron chi connectivity index (χ1n) is 4.10. The molecule has 0 unspecified atom stereocenters. The van der Waals surface area contributed by atoms with Crippen molar-refractivity contribution in [3.05, 3.63) is 42.0 Å². The van der Waals surface area contributed by atoms with Gasteiger partial charge >= 0.3 is 0 Å². The van der Waals surface area contributed by atoms with Crippen LogP contribution in [0, 0.1) is 11.3 Å². The molecule has 0 N–H and O–H groups in total. The predicted octanol–water partition coefficient (Wildman–Crippen LogP) is 2.57. The van der Waals surface area contributed by atoms with E-state index in [0.29, 0.717) is 17.9 Å². The number of rotatable bonds is 3. The van der Waals surface area contributed by atoms with Crippen LogP contribution in [0.4, 0.5) is 0 Å². The maximum Gasteiger partial charge on any atom is 0.119 e. The minimum atomic E-state index is 0.610. The highest BCUT2D eigenvalue weighted by Gasteiger charge is 1.98. The lowest BCUT2D eigenvalue weighted by Gasteiger charge is -2.05. The topological polar surface area (TPSA) is 33.0 Å². The first kappa shape index (κ1) is 9.34. The minimum absolute atomic E-state index is 0.610. The second-order valence-electron chi connectivity index (χ2n) is 2.55. The van der Waals surface area contributed by atoms with Gasteiger partial charge in [0.1, 0.15) is 5.76 Å². The van der Waals surface area contributed by atoms with Crippen molar-refractivity contribution in [1.29, 1.82) is 5.26 Å². The van der Waals surface area contributed by atoms with E-state index in [1.165, 1.54) is 0 Å². The van der Waals surface area contributed by atoms with E-state index < -0.39 is 0 Å². The lowest BCUT2D eigenvalue weighted by atomic mass is 10.1. The summed E-state index contributed by atoms with van der Waals surface area (Å²) in [5.74, 6) is 0.645. The van der Waals surface area contributed by atoms with Crippen molar-refractivity contribution in [3.63, 3.8) is 0 Å². The standard InChI is InChI=1S/C11H11NO/c1-3-13-9(2)11-6-4-10(8-12)5-7-11/h4-7H,2-3H2,1H3. The first-order chi connectivity index (χ1) is 6.27. The molecule has 2 nitrogen and oxygen atoms in total. The Hall–Kier alpha value is -1.75. The fourth-order valence-corrected chi connectivity index (χ4v) is 0.988. The van der Waals surface area contributed by atoms with Gasteiger partial charge in [0, 0.05) is 5.56 Å². The van der Waals surface area contributed by atoms with Crippen molar-refractivity contribution < 1.29 is 4.74 Å². The van der Waals surface area contributed by atoms with E-state index in [1.54, 1.807) is 12.1 Å². The van der Waals surface area contributed by atoms with Crippen molar-refractivity contribution in [1.82, 2.24) is 0 Å². The highest BCUT2D eigenvalue weighted by molar-refractivity contribution is 5.58. The van der Waals surface area contributed by atoms with Gasteiger partial charge in [-0.15, -0.1) is 0 Å². The molecule has 66 valence electrons. The van der Waals surface area contributed by atoms with Gasteiger partial charge in [0.05, 0.1) is 18.2 Å². The van der Waals surface area contributed by atoms with Gasteiger partial charge < -0.3 is 4.74 Å². The molecular weight excluding hydrogens is 162 g/mol. The molecule has 0 aromatic heterocycles. The number of ether oxygens (including phenoxy) is 1. The van der Waals surface area contributed by atoms with E-state index in [9.17, 15) is 0 Å². The quantitative estimate of drug-likeness (QED) is 0.658. The van der Waals surface area contributed by atoms with Crippen molar-refractivity contribution in [2.45, 2.75) is 6.92 Å². The average Bonchev–Trinajstić information content (AvgIpc) is 2.18. The predicted molar refractivity (Wildman–Crippen MR) is 51.8 cm³/mol. The Kier molecular flexibility index (Phi) is 3.10. The largest absolute Gasteiger partial charge is 0.494 e. The van der Waals surface area contributed by atoms with Gasteiger partial charge in [-0.2, -0.15) is 5.26 Å². The van der Waals surface area contributed by atoms with E-state index >= 15 is 0 Å². The van der Waals surface area contributed by atoms with E-state index in [2.05, 4.69) is 12.6 Å². The highest BCUT2D eigenvalue weighted by atomic mass is 16.5. The smallest absolute Gasteiger partial charge is 0.119 e. The monoisotopic (exact) mass is 173 g/mol. The fraction of sp³-hybridized carbons (Fsp3) is 0.182. The third-order valence-corrected chi connectivity index (χ3v) is 1.65. The zero-order chi connectivity index (χ0) is 9.68. The molecule has 1 rings (SSSR count). The van der Waals surface area contributed by atoms with Gasteiger partial charge in [-0.1, -0.05) is 6.58 Å². The molecule has 0 bridgehead atoms. The molecular formula is C11H11NO. The summed E-state index contributed by atoms with van der Waals surface area (Å²) in [6.07, 6.45) is 0. The molecule has 0 heterocycles. The molecule has 0 aliphatic heterocycles. The fourth-order valence-electron chi connectivity index (χ4n) is 0.988. The summed E-state index contributed by atoms with van der Waals surface area (Å²) in [7, 11) is 0. The van der Waals surface area contributed by atoms with Gasteiger partial charge in [-0.05, 0) is 31.2 Å². The molecule has 2 heteroatoms. The molecule has 0 radical (unpaired) electrons. The molecule has 1 aromatic carbocycles. The Morgan fingerprint density at radius 1 is 1.46 bits per heavy atom. The summed E-state index contributed by atoms with van der Waals surface area (Å²) < 4.78 is 5.22. The van der Waals surface area contributed by atoms with E-state index in [0.717, 1.165) is 5.56 Å². The summed E-state index contributed by atoms with van der Waals surface area (Å²) in [4.78, 5) is 0. The Balaban J connectivity index is 2.81. The maximum atomic E-state index is 8.57. The molecule has 0 atom stereocenters. The molecule has 0 fully saturated rings. The van der Waals surface area contributed by atoms with Crippen LogP contribution in [0.15, 0.2) is 30.8 Å². The van der Waals surface area contributed by atoms with Gasteiger partial charge in [-0.3, -0.25) is 0 Å². The third-order valence-electron chi connectivity index (χ3n) is 1.65. The number of nitriles is 1. The molecule has 0 saturated heterocycles. The van der Waals surface area contributed by atoms with Crippen molar-refractivity contribution in [3.8, 4) is 6.07 Å². The van der Waals surface area contributed by atoms with Crippen LogP contribution in [0.5, 0.6) is 0 Å². The van der Waals surface area contributed by atoms with E-state index in [1.807, 2.05) is 19.1 Å². The zero-order valence-electron chi connectivity index (χ0n) is 7.58. The Morgan fingerprint density at radius 2 is 2.08 bits per heavy atom. The van der Waals surface area contributed by atoms with Crippen LogP contribution in [-0.2, 0) is 4.74 Å². The molecule has 1 aromatic rings. The number of hydrogen-bond acceptors (Lipinski definition) is 2. The second-order valence-corrected chi connectivity index (χ2v) is 2.55. The number of hydrogen-bond donors (Lipinski definition) is 0. The van der Waals surface area contributed by atoms with Crippen LogP contribution in [-0.4, -0.2) is 6.61 Å². The van der Waals surface area contributed by atoms with Gasteiger partial charge in [0.2, 0.25) is 0 Å². The Morgan fingerprint density at radius 3 is 2.54 bits per heavy atom. The summed E-state index contributed by atoms with van der Waals surface area (Å²) in [5, 5.41) is 8.57. The van der Waals surface area contributed by atoms with Gasteiger partial charge in [0.25, 0.3) is 0 Å². The SMILES string of the molecule is C=C(OCC)c1ccc(C#N)cc1. The second kappa shape index (κ2) is 4.32. The number of benzene rings is 1. The molecule has 13 heavy (non-hydrogen) atoms. The van der Waals surface area contributed by atoms with Crippen molar-refractivity contribution in [2.24, 2.45) is 0 Å². The summed E-state index contributed by atoms with van der Waals surface area (Å²) in [5.41, 5.74) is 1.56. The highest BCUT2D eigenvalue weighted by Crippen LogP contribution is 2.13. The van der Waals surface area contributed by atoms with Crippen molar-refractivity contribution in [2.75, 3.05) is 6.61 Å². The van der Waals surface area contributed by atoms with Crippen LogP contribution in [0.3, 0.4) is 0 Å². The average molecular weight is 173 g/mol. The molecule has 0 saturated carbocycles. The van der Waals surface area contributed by atoms with Crippen LogP contribution < -0.4 is 0 Å². The lowest BCUT2D eigenvalue weighted by Crippen LogP contribution is -1.89. The van der Waals surface area contributed by atoms with E-state index in [4.69, 9.17) is 10.00 Å². The Labute approximate surface area is 78.1 Å². The third kappa shape index (κ3) is 2.34. The molecule has 0 spiro atoms. The maximum absolute atomic E-state index is 8.57. The van der Waals surface area contributed by atoms with Crippen LogP contribution in [0.25, 0.3) is 5.76 Å². The van der Waals surface area contributed by atoms with Gasteiger partial charge in [0.15, 0.2) is 0 Å². The summed E-state index contributed by atoms with van der Waals surface area (Å²) in [6.45, 7) is 6.29. The minimum Gasteiger partial charge on any atom is -0.494 e. The lowest BCUT2D eigenvalue weighted by molar-refractivity contribution is 0.299. The van der Waals surface area contributed by atoms with Crippen LogP contribution in [0.1, 0.15) is 18.1 Å². The Bertz CT molecular complexity index is 332. The first-order valence-corrected chi connectivity index (χ1v) is 4.10. The summed E-state index contributed by atoms with van der Waals surface area (Å²) in [6, 6.07) is 9.21. The van der Waals surface area contributed by atoms with E-state index in [-0.39, 0.29) is 0 Å². The van der Waals surface area contributed by atoms with Crippen LogP contribution in [0.2, 0.25) is 0 Å². The van der Waals surface area contributed by atoms with Crippen molar-refractivity contribution >= 4 is 5.76 Å². The summed E-state index contributed by atoms with van der Waals surface area (Å²) >= 11 is 0. The normalized spacial score (nSPS) is 8.92. The van der Waals surface area contributed by atoms with Crippen LogP contribution >= 0.6 is 0 Å². The molecule has 0 aliphatic rings.